The number of hydrogen-bond acceptors (Lipinski definition) is 3. The number of nitrogens with two attached hydrogens (primary N) is 1. The molecule has 1 unspecified atom stereocenters. The highest BCUT2D eigenvalue weighted by atomic mass is 16.2. The molecule has 0 spiro atoms. The lowest BCUT2D eigenvalue weighted by Crippen LogP contribution is -2.43. The molecule has 2 rings (SSSR count). The third kappa shape index (κ3) is 3.81. The molecule has 4 nitrogen and oxygen atoms in total. The average molecular weight is 275 g/mol. The van der Waals surface area contributed by atoms with Crippen LogP contribution < -0.4 is 11.1 Å². The van der Waals surface area contributed by atoms with Gasteiger partial charge in [-0.2, -0.15) is 0 Å². The lowest BCUT2D eigenvalue weighted by molar-refractivity contribution is -0.118. The fourth-order valence-electron chi connectivity index (χ4n) is 2.92. The van der Waals surface area contributed by atoms with Crippen LogP contribution in [0.1, 0.15) is 38.2 Å². The van der Waals surface area contributed by atoms with Crippen molar-refractivity contribution in [2.75, 3.05) is 18.4 Å². The largest absolute Gasteiger partial charge is 0.326 e. The van der Waals surface area contributed by atoms with Crippen molar-refractivity contribution in [3.8, 4) is 0 Å². The normalized spacial score (nSPS) is 19.8. The first-order valence-electron chi connectivity index (χ1n) is 7.56. The van der Waals surface area contributed by atoms with E-state index in [1.807, 2.05) is 24.3 Å². The van der Waals surface area contributed by atoms with Gasteiger partial charge in [-0.3, -0.25) is 9.69 Å². The lowest BCUT2D eigenvalue weighted by Gasteiger charge is -2.34. The van der Waals surface area contributed by atoms with E-state index in [1.54, 1.807) is 0 Å². The number of rotatable bonds is 5. The number of piperidine rings is 1. The highest BCUT2D eigenvalue weighted by Gasteiger charge is 2.22. The molecule has 4 heteroatoms. The summed E-state index contributed by atoms with van der Waals surface area (Å²) in [7, 11) is 0. The number of carbonyl (C=O) groups excluding carboxylic acids is 1. The molecule has 0 aromatic heterocycles. The maximum Gasteiger partial charge on any atom is 0.238 e. The topological polar surface area (TPSA) is 58.4 Å². The summed E-state index contributed by atoms with van der Waals surface area (Å²) in [5.41, 5.74) is 7.51. The third-order valence-electron chi connectivity index (χ3n) is 4.08. The predicted octanol–water partition coefficient (Wildman–Crippen LogP) is 2.35. The molecule has 0 bridgehead atoms. The molecule has 0 aliphatic carbocycles. The molecule has 1 fully saturated rings. The molecule has 1 aliphatic heterocycles. The second kappa shape index (κ2) is 7.41. The van der Waals surface area contributed by atoms with Gasteiger partial charge in [-0.15, -0.1) is 0 Å². The number of hydrogen-bond donors (Lipinski definition) is 2. The van der Waals surface area contributed by atoms with E-state index in [1.165, 1.54) is 19.3 Å². The minimum atomic E-state index is 0.0613. The minimum absolute atomic E-state index is 0.0613. The summed E-state index contributed by atoms with van der Waals surface area (Å²) in [4.78, 5) is 14.5. The zero-order valence-electron chi connectivity index (χ0n) is 12.3. The van der Waals surface area contributed by atoms with E-state index in [0.717, 1.165) is 24.2 Å². The first-order valence-corrected chi connectivity index (χ1v) is 7.56. The monoisotopic (exact) mass is 275 g/mol. The predicted molar refractivity (Wildman–Crippen MR) is 82.5 cm³/mol. The van der Waals surface area contributed by atoms with Crippen LogP contribution in [-0.4, -0.2) is 29.9 Å². The number of likely N-dealkylation sites (tertiary alicyclic amines) is 1. The van der Waals surface area contributed by atoms with E-state index in [-0.39, 0.29) is 5.91 Å². The fraction of sp³-hybridized carbons (Fsp3) is 0.562. The van der Waals surface area contributed by atoms with E-state index in [4.69, 9.17) is 5.73 Å². The maximum atomic E-state index is 12.2. The Kier molecular flexibility index (Phi) is 5.56. The van der Waals surface area contributed by atoms with Gasteiger partial charge in [-0.1, -0.05) is 31.5 Å². The van der Waals surface area contributed by atoms with Gasteiger partial charge in [0.05, 0.1) is 6.54 Å². The van der Waals surface area contributed by atoms with Crippen LogP contribution in [0, 0.1) is 0 Å². The molecule has 110 valence electrons. The fourth-order valence-corrected chi connectivity index (χ4v) is 2.92. The average Bonchev–Trinajstić information content (AvgIpc) is 2.48. The first kappa shape index (κ1) is 15.0. The molecule has 20 heavy (non-hydrogen) atoms. The van der Waals surface area contributed by atoms with Crippen molar-refractivity contribution in [2.24, 2.45) is 5.73 Å². The van der Waals surface area contributed by atoms with E-state index in [9.17, 15) is 4.79 Å². The van der Waals surface area contributed by atoms with Gasteiger partial charge in [0, 0.05) is 18.3 Å². The van der Waals surface area contributed by atoms with Crippen molar-refractivity contribution in [3.63, 3.8) is 0 Å². The standard InChI is InChI=1S/C16H25N3O/c1-2-14-8-5-6-10-19(14)12-16(20)18-15-9-4-3-7-13(15)11-17/h3-4,7,9,14H,2,5-6,8,10-12,17H2,1H3,(H,18,20). The maximum absolute atomic E-state index is 12.2. The van der Waals surface area contributed by atoms with Gasteiger partial charge in [-0.05, 0) is 37.4 Å². The molecule has 1 aliphatic rings. The molecule has 1 saturated heterocycles. The second-order valence-electron chi connectivity index (χ2n) is 5.44. The summed E-state index contributed by atoms with van der Waals surface area (Å²) in [6.45, 7) is 4.16. The van der Waals surface area contributed by atoms with E-state index >= 15 is 0 Å². The van der Waals surface area contributed by atoms with Crippen LogP contribution in [0.25, 0.3) is 0 Å². The smallest absolute Gasteiger partial charge is 0.238 e. The zero-order chi connectivity index (χ0) is 14.4. The van der Waals surface area contributed by atoms with Crippen LogP contribution in [0.2, 0.25) is 0 Å². The van der Waals surface area contributed by atoms with Crippen LogP contribution in [0.4, 0.5) is 5.69 Å². The van der Waals surface area contributed by atoms with E-state index in [2.05, 4.69) is 17.1 Å². The summed E-state index contributed by atoms with van der Waals surface area (Å²) in [6, 6.07) is 8.28. The quantitative estimate of drug-likeness (QED) is 0.867. The highest BCUT2D eigenvalue weighted by molar-refractivity contribution is 5.93. The van der Waals surface area contributed by atoms with Gasteiger partial charge in [-0.25, -0.2) is 0 Å². The summed E-state index contributed by atoms with van der Waals surface area (Å²) in [5, 5.41) is 2.99. The van der Waals surface area contributed by atoms with Crippen molar-refractivity contribution in [1.29, 1.82) is 0 Å². The Bertz CT molecular complexity index is 447. The number of nitrogens with one attached hydrogen (secondary N) is 1. The number of carbonyl (C=O) groups is 1. The van der Waals surface area contributed by atoms with Crippen molar-refractivity contribution >= 4 is 11.6 Å². The Morgan fingerprint density at radius 3 is 2.95 bits per heavy atom. The Hall–Kier alpha value is -1.39. The molecule has 3 N–H and O–H groups in total. The molecular formula is C16H25N3O. The molecule has 1 heterocycles. The summed E-state index contributed by atoms with van der Waals surface area (Å²) in [5.74, 6) is 0.0613. The first-order chi connectivity index (χ1) is 9.74. The van der Waals surface area contributed by atoms with Crippen molar-refractivity contribution in [2.45, 2.75) is 45.2 Å². The van der Waals surface area contributed by atoms with Crippen LogP contribution in [0.5, 0.6) is 0 Å². The molecule has 1 aromatic carbocycles. The minimum Gasteiger partial charge on any atom is -0.326 e. The summed E-state index contributed by atoms with van der Waals surface area (Å²) >= 11 is 0. The number of nitrogens with zero attached hydrogens (tertiary/aromatic N) is 1. The Labute approximate surface area is 121 Å². The molecule has 0 saturated carbocycles. The van der Waals surface area contributed by atoms with Crippen LogP contribution in [0.3, 0.4) is 0 Å². The van der Waals surface area contributed by atoms with Gasteiger partial charge < -0.3 is 11.1 Å². The van der Waals surface area contributed by atoms with Crippen molar-refractivity contribution < 1.29 is 4.79 Å². The van der Waals surface area contributed by atoms with E-state index < -0.39 is 0 Å². The SMILES string of the molecule is CCC1CCCCN1CC(=O)Nc1ccccc1CN. The van der Waals surface area contributed by atoms with Crippen molar-refractivity contribution in [3.05, 3.63) is 29.8 Å². The molecule has 1 atom stereocenters. The number of benzene rings is 1. The van der Waals surface area contributed by atoms with Gasteiger partial charge in [0.1, 0.15) is 0 Å². The van der Waals surface area contributed by atoms with Gasteiger partial charge in [0.15, 0.2) is 0 Å². The molecule has 1 aromatic rings. The Morgan fingerprint density at radius 1 is 1.40 bits per heavy atom. The third-order valence-corrected chi connectivity index (χ3v) is 4.08. The van der Waals surface area contributed by atoms with Gasteiger partial charge >= 0.3 is 0 Å². The second-order valence-corrected chi connectivity index (χ2v) is 5.44. The molecule has 0 radical (unpaired) electrons. The Morgan fingerprint density at radius 2 is 2.20 bits per heavy atom. The number of anilines is 1. The molecular weight excluding hydrogens is 250 g/mol. The lowest BCUT2D eigenvalue weighted by atomic mass is 10.00. The number of para-hydroxylation sites is 1. The Balaban J connectivity index is 1.94. The van der Waals surface area contributed by atoms with Crippen LogP contribution >= 0.6 is 0 Å². The summed E-state index contributed by atoms with van der Waals surface area (Å²) in [6.07, 6.45) is 4.81. The highest BCUT2D eigenvalue weighted by Crippen LogP contribution is 2.19. The van der Waals surface area contributed by atoms with Crippen LogP contribution in [-0.2, 0) is 11.3 Å². The van der Waals surface area contributed by atoms with Gasteiger partial charge in [0.2, 0.25) is 5.91 Å². The molecule has 1 amide bonds. The van der Waals surface area contributed by atoms with Crippen LogP contribution in [0.15, 0.2) is 24.3 Å². The number of amides is 1. The van der Waals surface area contributed by atoms with Crippen molar-refractivity contribution in [1.82, 2.24) is 4.90 Å². The zero-order valence-corrected chi connectivity index (χ0v) is 12.3. The van der Waals surface area contributed by atoms with Gasteiger partial charge in [0.25, 0.3) is 0 Å². The van der Waals surface area contributed by atoms with E-state index in [0.29, 0.717) is 19.1 Å². The summed E-state index contributed by atoms with van der Waals surface area (Å²) < 4.78 is 0.